The number of cyclic esters (lactones) is 1. The minimum Gasteiger partial charge on any atom is -0.478 e. The lowest BCUT2D eigenvalue weighted by Crippen LogP contribution is -2.41. The molecule has 8 nitrogen and oxygen atoms in total. The fourth-order valence-corrected chi connectivity index (χ4v) is 2.66. The van der Waals surface area contributed by atoms with Crippen LogP contribution < -0.4 is 0 Å². The molecule has 1 aromatic rings. The van der Waals surface area contributed by atoms with Gasteiger partial charge in [-0.3, -0.25) is 4.90 Å². The van der Waals surface area contributed by atoms with Gasteiger partial charge in [-0.15, -0.1) is 0 Å². The Bertz CT molecular complexity index is 642. The number of nitrogens with zero attached hydrogens (tertiary/aromatic N) is 3. The number of carbonyl (C=O) groups excluding carboxylic acids is 1. The quantitative estimate of drug-likeness (QED) is 0.804. The van der Waals surface area contributed by atoms with Crippen LogP contribution in [0.5, 0.6) is 0 Å². The number of hydrazone groups is 1. The second-order valence-electron chi connectivity index (χ2n) is 5.68. The van der Waals surface area contributed by atoms with Crippen molar-refractivity contribution in [2.75, 3.05) is 39.4 Å². The maximum Gasteiger partial charge on any atom is 0.430 e. The van der Waals surface area contributed by atoms with E-state index in [1.807, 2.05) is 0 Å². The SMILES string of the molecule is O=C(O)c1cccc(/C=N/N2CC(CN3CCOCC3)OC2=O)c1. The summed E-state index contributed by atoms with van der Waals surface area (Å²) in [5.74, 6) is -1.00. The summed E-state index contributed by atoms with van der Waals surface area (Å²) in [4.78, 5) is 25.0. The smallest absolute Gasteiger partial charge is 0.430 e. The molecule has 3 rings (SSSR count). The first kappa shape index (κ1) is 16.4. The molecule has 2 aliphatic rings. The lowest BCUT2D eigenvalue weighted by Gasteiger charge is -2.27. The monoisotopic (exact) mass is 333 g/mol. The molecule has 0 bridgehead atoms. The Morgan fingerprint density at radius 2 is 2.17 bits per heavy atom. The Morgan fingerprint density at radius 3 is 2.92 bits per heavy atom. The third-order valence-corrected chi connectivity index (χ3v) is 3.90. The van der Waals surface area contributed by atoms with E-state index in [-0.39, 0.29) is 11.7 Å². The molecule has 2 saturated heterocycles. The largest absolute Gasteiger partial charge is 0.478 e. The summed E-state index contributed by atoms with van der Waals surface area (Å²) in [6.45, 7) is 4.10. The second-order valence-corrected chi connectivity index (χ2v) is 5.68. The van der Waals surface area contributed by atoms with Crippen molar-refractivity contribution >= 4 is 18.3 Å². The maximum atomic E-state index is 11.9. The molecule has 1 atom stereocenters. The maximum absolute atomic E-state index is 11.9. The van der Waals surface area contributed by atoms with Crippen LogP contribution in [0.25, 0.3) is 0 Å². The second kappa shape index (κ2) is 7.41. The Hall–Kier alpha value is -2.45. The van der Waals surface area contributed by atoms with E-state index >= 15 is 0 Å². The summed E-state index contributed by atoms with van der Waals surface area (Å²) in [6.07, 6.45) is 0.752. The highest BCUT2D eigenvalue weighted by atomic mass is 16.6. The Balaban J connectivity index is 1.58. The Morgan fingerprint density at radius 1 is 1.38 bits per heavy atom. The molecule has 0 aromatic heterocycles. The number of ether oxygens (including phenoxy) is 2. The van der Waals surface area contributed by atoms with Gasteiger partial charge in [0.05, 0.1) is 31.5 Å². The number of aromatic carboxylic acids is 1. The van der Waals surface area contributed by atoms with Gasteiger partial charge >= 0.3 is 12.1 Å². The number of carboxylic acids is 1. The highest BCUT2D eigenvalue weighted by Crippen LogP contribution is 2.14. The van der Waals surface area contributed by atoms with Crippen LogP contribution in [0, 0.1) is 0 Å². The third kappa shape index (κ3) is 4.09. The van der Waals surface area contributed by atoms with Crippen LogP contribution in [-0.2, 0) is 9.47 Å². The van der Waals surface area contributed by atoms with E-state index in [1.165, 1.54) is 23.4 Å². The first-order valence-electron chi connectivity index (χ1n) is 7.77. The molecular weight excluding hydrogens is 314 g/mol. The van der Waals surface area contributed by atoms with Crippen molar-refractivity contribution in [2.45, 2.75) is 6.10 Å². The minimum absolute atomic E-state index is 0.174. The van der Waals surface area contributed by atoms with Crippen molar-refractivity contribution in [3.8, 4) is 0 Å². The van der Waals surface area contributed by atoms with Crippen molar-refractivity contribution in [1.29, 1.82) is 0 Å². The van der Waals surface area contributed by atoms with Crippen molar-refractivity contribution in [1.82, 2.24) is 9.91 Å². The molecule has 128 valence electrons. The van der Waals surface area contributed by atoms with Crippen LogP contribution in [0.2, 0.25) is 0 Å². The predicted molar refractivity (Wildman–Crippen MR) is 85.2 cm³/mol. The van der Waals surface area contributed by atoms with E-state index < -0.39 is 12.1 Å². The molecule has 8 heteroatoms. The molecule has 24 heavy (non-hydrogen) atoms. The van der Waals surface area contributed by atoms with Crippen LogP contribution in [0.15, 0.2) is 29.4 Å². The molecule has 1 N–H and O–H groups in total. The van der Waals surface area contributed by atoms with E-state index in [0.29, 0.717) is 31.9 Å². The van der Waals surface area contributed by atoms with Gasteiger partial charge in [-0.05, 0) is 17.7 Å². The van der Waals surface area contributed by atoms with Gasteiger partial charge in [0.1, 0.15) is 6.10 Å². The van der Waals surface area contributed by atoms with Gasteiger partial charge in [0.15, 0.2) is 0 Å². The van der Waals surface area contributed by atoms with Gasteiger partial charge < -0.3 is 14.6 Å². The molecule has 1 amide bonds. The first-order valence-corrected chi connectivity index (χ1v) is 7.77. The number of benzene rings is 1. The zero-order chi connectivity index (χ0) is 16.9. The summed E-state index contributed by atoms with van der Waals surface area (Å²) in [5, 5.41) is 14.4. The number of carbonyl (C=O) groups is 2. The average molecular weight is 333 g/mol. The van der Waals surface area contributed by atoms with Gasteiger partial charge in [-0.2, -0.15) is 10.1 Å². The molecule has 0 spiro atoms. The van der Waals surface area contributed by atoms with Gasteiger partial charge in [0.25, 0.3) is 0 Å². The summed E-state index contributed by atoms with van der Waals surface area (Å²) in [7, 11) is 0. The van der Waals surface area contributed by atoms with Gasteiger partial charge in [0.2, 0.25) is 0 Å². The summed E-state index contributed by atoms with van der Waals surface area (Å²) in [6, 6.07) is 6.36. The number of morpholine rings is 1. The molecule has 2 aliphatic heterocycles. The Kier molecular flexibility index (Phi) is 5.07. The van der Waals surface area contributed by atoms with E-state index in [4.69, 9.17) is 14.6 Å². The Labute approximate surface area is 139 Å². The van der Waals surface area contributed by atoms with E-state index in [1.54, 1.807) is 12.1 Å². The number of rotatable bonds is 5. The minimum atomic E-state index is -1.00. The van der Waals surface area contributed by atoms with Crippen molar-refractivity contribution in [2.24, 2.45) is 5.10 Å². The summed E-state index contributed by atoms with van der Waals surface area (Å²) >= 11 is 0. The van der Waals surface area contributed by atoms with Gasteiger partial charge in [-0.25, -0.2) is 9.59 Å². The van der Waals surface area contributed by atoms with Gasteiger partial charge in [0, 0.05) is 19.6 Å². The van der Waals surface area contributed by atoms with Crippen LogP contribution in [0.4, 0.5) is 4.79 Å². The highest BCUT2D eigenvalue weighted by Gasteiger charge is 2.32. The number of carboxylic acid groups (broad SMARTS) is 1. The number of amides is 1. The van der Waals surface area contributed by atoms with Crippen molar-refractivity contribution in [3.05, 3.63) is 35.4 Å². The molecule has 2 fully saturated rings. The average Bonchev–Trinajstić information content (AvgIpc) is 2.93. The zero-order valence-corrected chi connectivity index (χ0v) is 13.1. The number of hydrogen-bond acceptors (Lipinski definition) is 6. The normalized spacial score (nSPS) is 22.1. The van der Waals surface area contributed by atoms with Crippen LogP contribution in [-0.4, -0.2) is 78.8 Å². The first-order chi connectivity index (χ1) is 11.6. The fourth-order valence-electron chi connectivity index (χ4n) is 2.66. The van der Waals surface area contributed by atoms with Gasteiger partial charge in [-0.1, -0.05) is 12.1 Å². The third-order valence-electron chi connectivity index (χ3n) is 3.90. The molecule has 1 unspecified atom stereocenters. The fraction of sp³-hybridized carbons (Fsp3) is 0.438. The standard InChI is InChI=1S/C16H19N3O5/c20-15(21)13-3-1-2-12(8-13)9-17-19-11-14(24-16(19)22)10-18-4-6-23-7-5-18/h1-3,8-9,14H,4-7,10-11H2,(H,20,21)/b17-9+. The molecule has 0 saturated carbocycles. The molecular formula is C16H19N3O5. The topological polar surface area (TPSA) is 91.7 Å². The summed E-state index contributed by atoms with van der Waals surface area (Å²) in [5.41, 5.74) is 0.785. The van der Waals surface area contributed by atoms with Crippen LogP contribution in [0.1, 0.15) is 15.9 Å². The lowest BCUT2D eigenvalue weighted by atomic mass is 10.1. The lowest BCUT2D eigenvalue weighted by molar-refractivity contribution is 0.0188. The molecule has 0 aliphatic carbocycles. The van der Waals surface area contributed by atoms with Crippen molar-refractivity contribution in [3.63, 3.8) is 0 Å². The predicted octanol–water partition coefficient (Wildman–Crippen LogP) is 0.872. The van der Waals surface area contributed by atoms with E-state index in [9.17, 15) is 9.59 Å². The van der Waals surface area contributed by atoms with Crippen LogP contribution >= 0.6 is 0 Å². The van der Waals surface area contributed by atoms with E-state index in [2.05, 4.69) is 10.0 Å². The zero-order valence-electron chi connectivity index (χ0n) is 13.1. The van der Waals surface area contributed by atoms with Crippen LogP contribution in [0.3, 0.4) is 0 Å². The summed E-state index contributed by atoms with van der Waals surface area (Å²) < 4.78 is 10.6. The molecule has 2 heterocycles. The van der Waals surface area contributed by atoms with Crippen molar-refractivity contribution < 1.29 is 24.2 Å². The molecule has 0 radical (unpaired) electrons. The molecule has 1 aromatic carbocycles. The van der Waals surface area contributed by atoms with E-state index in [0.717, 1.165) is 13.1 Å². The number of hydrogen-bond donors (Lipinski definition) is 1. The highest BCUT2D eigenvalue weighted by molar-refractivity contribution is 5.91.